The highest BCUT2D eigenvalue weighted by atomic mass is 32.2. The van der Waals surface area contributed by atoms with Gasteiger partial charge < -0.3 is 9.64 Å². The molecular weight excluding hydrogens is 340 g/mol. The molecule has 0 aliphatic carbocycles. The maximum absolute atomic E-state index is 12.9. The van der Waals surface area contributed by atoms with Crippen LogP contribution in [0.25, 0.3) is 0 Å². The van der Waals surface area contributed by atoms with E-state index in [1.54, 1.807) is 8.61 Å². The van der Waals surface area contributed by atoms with Crippen LogP contribution in [0.3, 0.4) is 0 Å². The number of rotatable bonds is 5. The summed E-state index contributed by atoms with van der Waals surface area (Å²) in [6.45, 7) is 12.3. The van der Waals surface area contributed by atoms with Gasteiger partial charge in [-0.3, -0.25) is 4.90 Å². The Labute approximate surface area is 153 Å². The number of hydrogen-bond acceptors (Lipinski definition) is 5. The van der Waals surface area contributed by atoms with Gasteiger partial charge in [-0.2, -0.15) is 17.0 Å². The molecule has 2 unspecified atom stereocenters. The molecule has 0 amide bonds. The maximum Gasteiger partial charge on any atom is 0.282 e. The van der Waals surface area contributed by atoms with Crippen LogP contribution >= 0.6 is 0 Å². The third-order valence-corrected chi connectivity index (χ3v) is 7.52. The second kappa shape index (κ2) is 8.63. The second-order valence-electron chi connectivity index (χ2n) is 7.73. The summed E-state index contributed by atoms with van der Waals surface area (Å²) in [5.41, 5.74) is 0. The van der Waals surface area contributed by atoms with Crippen molar-refractivity contribution < 1.29 is 13.2 Å². The van der Waals surface area contributed by atoms with Gasteiger partial charge in [0.2, 0.25) is 0 Å². The van der Waals surface area contributed by atoms with Crippen LogP contribution in [0.1, 0.15) is 33.1 Å². The lowest BCUT2D eigenvalue weighted by Gasteiger charge is -2.40. The molecule has 8 heteroatoms. The Kier molecular flexibility index (Phi) is 6.73. The maximum atomic E-state index is 12.9. The van der Waals surface area contributed by atoms with E-state index in [1.165, 1.54) is 32.4 Å². The molecule has 3 saturated heterocycles. The highest BCUT2D eigenvalue weighted by molar-refractivity contribution is 7.86. The molecule has 0 saturated carbocycles. The van der Waals surface area contributed by atoms with Gasteiger partial charge in [0, 0.05) is 52.4 Å². The van der Waals surface area contributed by atoms with Crippen molar-refractivity contribution in [3.8, 4) is 0 Å². The number of piperidine rings is 1. The second-order valence-corrected chi connectivity index (χ2v) is 9.65. The van der Waals surface area contributed by atoms with Gasteiger partial charge in [-0.1, -0.05) is 6.42 Å². The van der Waals surface area contributed by atoms with Crippen LogP contribution in [0, 0.1) is 0 Å². The highest BCUT2D eigenvalue weighted by Gasteiger charge is 2.36. The smallest absolute Gasteiger partial charge is 0.282 e. The van der Waals surface area contributed by atoms with Crippen LogP contribution in [-0.2, 0) is 14.9 Å². The van der Waals surface area contributed by atoms with Crippen molar-refractivity contribution in [3.63, 3.8) is 0 Å². The Morgan fingerprint density at radius 2 is 1.28 bits per heavy atom. The summed E-state index contributed by atoms with van der Waals surface area (Å²) in [5.74, 6) is 0. The summed E-state index contributed by atoms with van der Waals surface area (Å²) in [5, 5.41) is 0. The zero-order chi connectivity index (χ0) is 17.9. The molecule has 0 radical (unpaired) electrons. The van der Waals surface area contributed by atoms with E-state index < -0.39 is 10.2 Å². The molecule has 0 aromatic rings. The number of likely N-dealkylation sites (tertiary alicyclic amines) is 1. The van der Waals surface area contributed by atoms with Gasteiger partial charge in [-0.15, -0.1) is 0 Å². The van der Waals surface area contributed by atoms with Crippen molar-refractivity contribution >= 4 is 10.2 Å². The number of hydrogen-bond donors (Lipinski definition) is 0. The van der Waals surface area contributed by atoms with Crippen LogP contribution in [0.2, 0.25) is 0 Å². The van der Waals surface area contributed by atoms with Crippen LogP contribution in [0.4, 0.5) is 0 Å². The minimum Gasteiger partial charge on any atom is -0.373 e. The molecule has 3 fully saturated rings. The summed E-state index contributed by atoms with van der Waals surface area (Å²) in [7, 11) is -3.36. The lowest BCUT2D eigenvalue weighted by Crippen LogP contribution is -2.57. The standard InChI is InChI=1S/C17H34N4O3S/c1-16-14-21(15-17(2)24-16)25(22,23)20-12-10-19(11-13-20)9-8-18-6-4-3-5-7-18/h16-17H,3-15H2,1-2H3. The molecule has 0 aromatic heterocycles. The van der Waals surface area contributed by atoms with Crippen molar-refractivity contribution in [2.24, 2.45) is 0 Å². The SMILES string of the molecule is CC1CN(S(=O)(=O)N2CCN(CCN3CCCCC3)CC2)CC(C)O1. The van der Waals surface area contributed by atoms with Gasteiger partial charge in [0.15, 0.2) is 0 Å². The van der Waals surface area contributed by atoms with Crippen molar-refractivity contribution in [1.29, 1.82) is 0 Å². The fraction of sp³-hybridized carbons (Fsp3) is 1.00. The van der Waals surface area contributed by atoms with E-state index in [0.717, 1.165) is 26.2 Å². The van der Waals surface area contributed by atoms with Crippen LogP contribution in [-0.4, -0.2) is 104 Å². The average molecular weight is 375 g/mol. The summed E-state index contributed by atoms with van der Waals surface area (Å²) >= 11 is 0. The Hall–Kier alpha value is -0.250. The first-order chi connectivity index (χ1) is 11.9. The van der Waals surface area contributed by atoms with E-state index in [9.17, 15) is 8.42 Å². The Bertz CT molecular complexity index is 506. The van der Waals surface area contributed by atoms with Gasteiger partial charge >= 0.3 is 0 Å². The van der Waals surface area contributed by atoms with Crippen LogP contribution < -0.4 is 0 Å². The molecule has 0 bridgehead atoms. The van der Waals surface area contributed by atoms with E-state index in [1.807, 2.05) is 13.8 Å². The van der Waals surface area contributed by atoms with Crippen molar-refractivity contribution in [2.45, 2.75) is 45.3 Å². The van der Waals surface area contributed by atoms with Gasteiger partial charge in [-0.25, -0.2) is 0 Å². The lowest BCUT2D eigenvalue weighted by molar-refractivity contribution is -0.0457. The van der Waals surface area contributed by atoms with E-state index in [4.69, 9.17) is 4.74 Å². The minimum atomic E-state index is -3.36. The molecular formula is C17H34N4O3S. The summed E-state index contributed by atoms with van der Waals surface area (Å²) in [6.07, 6.45) is 3.94. The molecule has 3 rings (SSSR count). The van der Waals surface area contributed by atoms with E-state index in [-0.39, 0.29) is 12.2 Å². The van der Waals surface area contributed by atoms with Crippen molar-refractivity contribution in [2.75, 3.05) is 65.4 Å². The lowest BCUT2D eigenvalue weighted by atomic mass is 10.1. The first kappa shape index (κ1) is 19.5. The molecule has 3 aliphatic rings. The fourth-order valence-corrected chi connectivity index (χ4v) is 5.88. The number of morpholine rings is 1. The summed E-state index contributed by atoms with van der Waals surface area (Å²) < 4.78 is 34.8. The topological polar surface area (TPSA) is 56.3 Å². The molecule has 0 aromatic carbocycles. The molecule has 2 atom stereocenters. The minimum absolute atomic E-state index is 0.0376. The van der Waals surface area contributed by atoms with Crippen molar-refractivity contribution in [3.05, 3.63) is 0 Å². The molecule has 7 nitrogen and oxygen atoms in total. The van der Waals surface area contributed by atoms with Gasteiger partial charge in [0.1, 0.15) is 0 Å². The van der Waals surface area contributed by atoms with Gasteiger partial charge in [0.25, 0.3) is 10.2 Å². The quantitative estimate of drug-likeness (QED) is 0.699. The first-order valence-electron chi connectivity index (χ1n) is 9.80. The fourth-order valence-electron chi connectivity index (χ4n) is 4.13. The van der Waals surface area contributed by atoms with E-state index >= 15 is 0 Å². The predicted molar refractivity (Wildman–Crippen MR) is 98.8 cm³/mol. The summed E-state index contributed by atoms with van der Waals surface area (Å²) in [4.78, 5) is 4.95. The number of nitrogens with zero attached hydrogens (tertiary/aromatic N) is 4. The molecule has 0 spiro atoms. The molecule has 3 heterocycles. The van der Waals surface area contributed by atoms with Crippen LogP contribution in [0.5, 0.6) is 0 Å². The van der Waals surface area contributed by atoms with Crippen molar-refractivity contribution in [1.82, 2.24) is 18.4 Å². The largest absolute Gasteiger partial charge is 0.373 e. The highest BCUT2D eigenvalue weighted by Crippen LogP contribution is 2.19. The molecule has 146 valence electrons. The summed E-state index contributed by atoms with van der Waals surface area (Å²) in [6, 6.07) is 0. The molecule has 0 N–H and O–H groups in total. The number of ether oxygens (including phenoxy) is 1. The first-order valence-corrected chi connectivity index (χ1v) is 11.2. The average Bonchev–Trinajstić information content (AvgIpc) is 2.60. The van der Waals surface area contributed by atoms with E-state index in [2.05, 4.69) is 9.80 Å². The third-order valence-electron chi connectivity index (χ3n) is 5.55. The normalized spacial score (nSPS) is 32.1. The third kappa shape index (κ3) is 5.14. The predicted octanol–water partition coefficient (Wildman–Crippen LogP) is 0.444. The Balaban J connectivity index is 1.46. The van der Waals surface area contributed by atoms with Gasteiger partial charge in [0.05, 0.1) is 12.2 Å². The van der Waals surface area contributed by atoms with E-state index in [0.29, 0.717) is 26.2 Å². The van der Waals surface area contributed by atoms with Gasteiger partial charge in [-0.05, 0) is 39.8 Å². The molecule has 3 aliphatic heterocycles. The Morgan fingerprint density at radius 1 is 0.760 bits per heavy atom. The zero-order valence-corrected chi connectivity index (χ0v) is 16.6. The zero-order valence-electron chi connectivity index (χ0n) is 15.8. The monoisotopic (exact) mass is 374 g/mol. The Morgan fingerprint density at radius 3 is 1.84 bits per heavy atom. The van der Waals surface area contributed by atoms with Crippen LogP contribution in [0.15, 0.2) is 0 Å². The number of piperazine rings is 1. The molecule has 25 heavy (non-hydrogen) atoms.